The maximum absolute atomic E-state index is 13.2. The standard InChI is InChI=1S/C27H32N4O3/c1-27(2,3)20-14-18(9-11-23(20)34-26(33)30-12-4-5-13-30)22(32)16-31-15-19-8-10-21(17-6-7-17)29-24(19)25(31)28/h8-11,14,17,28H,4-7,12-13,15-16H2,1-3H3. The summed E-state index contributed by atoms with van der Waals surface area (Å²) < 4.78 is 5.74. The molecule has 0 radical (unpaired) electrons. The van der Waals surface area contributed by atoms with Crippen LogP contribution in [0.15, 0.2) is 30.3 Å². The molecule has 1 saturated heterocycles. The summed E-state index contributed by atoms with van der Waals surface area (Å²) in [6, 6.07) is 9.41. The Labute approximate surface area is 200 Å². The molecule has 178 valence electrons. The smallest absolute Gasteiger partial charge is 0.410 e. The number of benzene rings is 1. The first-order chi connectivity index (χ1) is 16.2. The summed E-state index contributed by atoms with van der Waals surface area (Å²) >= 11 is 0. The Morgan fingerprint density at radius 3 is 2.53 bits per heavy atom. The van der Waals surface area contributed by atoms with Crippen LogP contribution in [-0.4, -0.2) is 52.1 Å². The SMILES string of the molecule is CC(C)(C)c1cc(C(=O)CN2Cc3ccc(C4CC4)nc3C2=N)ccc1OC(=O)N1CCCC1. The largest absolute Gasteiger partial charge is 0.415 e. The number of hydrogen-bond acceptors (Lipinski definition) is 5. The summed E-state index contributed by atoms with van der Waals surface area (Å²) in [6.07, 6.45) is 4.01. The highest BCUT2D eigenvalue weighted by molar-refractivity contribution is 6.04. The van der Waals surface area contributed by atoms with Crippen molar-refractivity contribution in [3.63, 3.8) is 0 Å². The zero-order valence-corrected chi connectivity index (χ0v) is 20.2. The molecule has 1 saturated carbocycles. The number of Topliss-reactive ketones (excluding diaryl/α,β-unsaturated/α-hetero) is 1. The number of nitrogens with zero attached hydrogens (tertiary/aromatic N) is 3. The van der Waals surface area contributed by atoms with Crippen molar-refractivity contribution in [1.82, 2.24) is 14.8 Å². The first kappa shape index (κ1) is 22.6. The van der Waals surface area contributed by atoms with E-state index in [9.17, 15) is 9.59 Å². The quantitative estimate of drug-likeness (QED) is 0.643. The molecule has 3 heterocycles. The summed E-state index contributed by atoms with van der Waals surface area (Å²) in [5.41, 5.74) is 3.84. The Morgan fingerprint density at radius 1 is 1.12 bits per heavy atom. The number of ketones is 1. The highest BCUT2D eigenvalue weighted by Crippen LogP contribution is 2.40. The summed E-state index contributed by atoms with van der Waals surface area (Å²) in [4.78, 5) is 34.0. The van der Waals surface area contributed by atoms with Crippen LogP contribution >= 0.6 is 0 Å². The predicted octanol–water partition coefficient (Wildman–Crippen LogP) is 4.87. The van der Waals surface area contributed by atoms with Crippen molar-refractivity contribution in [3.8, 4) is 5.75 Å². The van der Waals surface area contributed by atoms with Crippen LogP contribution in [0, 0.1) is 5.41 Å². The first-order valence-corrected chi connectivity index (χ1v) is 12.2. The van der Waals surface area contributed by atoms with Gasteiger partial charge < -0.3 is 14.5 Å². The van der Waals surface area contributed by atoms with Crippen molar-refractivity contribution in [2.45, 2.75) is 64.3 Å². The third-order valence-corrected chi connectivity index (χ3v) is 6.90. The normalized spacial score (nSPS) is 17.8. The van der Waals surface area contributed by atoms with Gasteiger partial charge >= 0.3 is 6.09 Å². The van der Waals surface area contributed by atoms with Crippen LogP contribution in [0.25, 0.3) is 0 Å². The first-order valence-electron chi connectivity index (χ1n) is 12.2. The minimum absolute atomic E-state index is 0.0668. The third-order valence-electron chi connectivity index (χ3n) is 6.90. The molecular formula is C27H32N4O3. The number of hydrogen-bond donors (Lipinski definition) is 1. The van der Waals surface area contributed by atoms with Crippen molar-refractivity contribution < 1.29 is 14.3 Å². The monoisotopic (exact) mass is 460 g/mol. The molecule has 0 spiro atoms. The Bertz CT molecular complexity index is 1160. The van der Waals surface area contributed by atoms with Crippen LogP contribution in [0.5, 0.6) is 5.75 Å². The molecule has 1 amide bonds. The molecule has 34 heavy (non-hydrogen) atoms. The molecule has 0 atom stereocenters. The highest BCUT2D eigenvalue weighted by Gasteiger charge is 2.32. The van der Waals surface area contributed by atoms with E-state index >= 15 is 0 Å². The van der Waals surface area contributed by atoms with E-state index in [1.807, 2.05) is 26.8 Å². The molecule has 2 aliphatic heterocycles. The Balaban J connectivity index is 1.32. The molecular weight excluding hydrogens is 428 g/mol. The van der Waals surface area contributed by atoms with Gasteiger partial charge in [0, 0.05) is 47.9 Å². The lowest BCUT2D eigenvalue weighted by Crippen LogP contribution is -2.32. The van der Waals surface area contributed by atoms with E-state index in [0.717, 1.165) is 42.8 Å². The number of nitrogens with one attached hydrogen (secondary N) is 1. The van der Waals surface area contributed by atoms with Crippen molar-refractivity contribution in [2.75, 3.05) is 19.6 Å². The topological polar surface area (TPSA) is 86.6 Å². The van der Waals surface area contributed by atoms with Gasteiger partial charge in [0.2, 0.25) is 0 Å². The lowest BCUT2D eigenvalue weighted by atomic mass is 9.85. The van der Waals surface area contributed by atoms with Crippen LogP contribution in [0.1, 0.15) is 85.2 Å². The second kappa shape index (κ2) is 8.53. The van der Waals surface area contributed by atoms with Gasteiger partial charge in [0.1, 0.15) is 17.3 Å². The second-order valence-electron chi connectivity index (χ2n) is 10.7. The fraction of sp³-hybridized carbons (Fsp3) is 0.481. The molecule has 1 aromatic heterocycles. The van der Waals surface area contributed by atoms with E-state index in [4.69, 9.17) is 15.1 Å². The zero-order chi connectivity index (χ0) is 24.0. The van der Waals surface area contributed by atoms with Gasteiger partial charge in [-0.15, -0.1) is 0 Å². The molecule has 2 fully saturated rings. The molecule has 3 aliphatic rings. The lowest BCUT2D eigenvalue weighted by Gasteiger charge is -2.25. The van der Waals surface area contributed by atoms with Gasteiger partial charge in [-0.1, -0.05) is 26.8 Å². The van der Waals surface area contributed by atoms with E-state index < -0.39 is 0 Å². The van der Waals surface area contributed by atoms with Crippen LogP contribution in [0.2, 0.25) is 0 Å². The predicted molar refractivity (Wildman–Crippen MR) is 130 cm³/mol. The summed E-state index contributed by atoms with van der Waals surface area (Å²) in [6.45, 7) is 8.21. The summed E-state index contributed by atoms with van der Waals surface area (Å²) in [5.74, 6) is 1.28. The summed E-state index contributed by atoms with van der Waals surface area (Å²) in [7, 11) is 0. The fourth-order valence-corrected chi connectivity index (χ4v) is 4.71. The molecule has 0 unspecified atom stereocenters. The van der Waals surface area contributed by atoms with Crippen LogP contribution in [-0.2, 0) is 12.0 Å². The van der Waals surface area contributed by atoms with Crippen molar-refractivity contribution in [2.24, 2.45) is 0 Å². The third kappa shape index (κ3) is 4.43. The molecule has 7 heteroatoms. The fourth-order valence-electron chi connectivity index (χ4n) is 4.71. The zero-order valence-electron chi connectivity index (χ0n) is 20.2. The molecule has 2 aromatic rings. The van der Waals surface area contributed by atoms with Crippen LogP contribution < -0.4 is 4.74 Å². The van der Waals surface area contributed by atoms with Gasteiger partial charge in [0.05, 0.1) is 6.54 Å². The average molecular weight is 461 g/mol. The van der Waals surface area contributed by atoms with Crippen LogP contribution in [0.4, 0.5) is 4.79 Å². The Kier molecular flexibility index (Phi) is 5.66. The molecule has 1 N–H and O–H groups in total. The number of aromatic nitrogens is 1. The van der Waals surface area contributed by atoms with Gasteiger partial charge in [0.15, 0.2) is 5.78 Å². The van der Waals surface area contributed by atoms with Gasteiger partial charge in [-0.25, -0.2) is 9.78 Å². The van der Waals surface area contributed by atoms with E-state index in [2.05, 4.69) is 12.1 Å². The number of amidine groups is 1. The number of amides is 1. The highest BCUT2D eigenvalue weighted by atomic mass is 16.6. The van der Waals surface area contributed by atoms with E-state index in [0.29, 0.717) is 35.3 Å². The Morgan fingerprint density at radius 2 is 1.85 bits per heavy atom. The second-order valence-corrected chi connectivity index (χ2v) is 10.7. The van der Waals surface area contributed by atoms with Crippen molar-refractivity contribution >= 4 is 17.7 Å². The average Bonchev–Trinajstić information content (AvgIpc) is 3.41. The van der Waals surface area contributed by atoms with Crippen molar-refractivity contribution in [1.29, 1.82) is 5.41 Å². The molecule has 1 aliphatic carbocycles. The van der Waals surface area contributed by atoms with E-state index in [-0.39, 0.29) is 23.8 Å². The number of pyridine rings is 1. The number of fused-ring (bicyclic) bond motifs is 1. The minimum Gasteiger partial charge on any atom is -0.410 e. The maximum Gasteiger partial charge on any atom is 0.415 e. The van der Waals surface area contributed by atoms with Gasteiger partial charge in [-0.3, -0.25) is 10.2 Å². The van der Waals surface area contributed by atoms with E-state index in [1.165, 1.54) is 12.8 Å². The molecule has 5 rings (SSSR count). The molecule has 1 aromatic carbocycles. The number of likely N-dealkylation sites (tertiary alicyclic amines) is 1. The minimum atomic E-state index is -0.330. The number of carbonyl (C=O) groups excluding carboxylic acids is 2. The number of carbonyl (C=O) groups is 2. The van der Waals surface area contributed by atoms with Crippen LogP contribution in [0.3, 0.4) is 0 Å². The van der Waals surface area contributed by atoms with Gasteiger partial charge in [-0.05, 0) is 55.4 Å². The Hall–Kier alpha value is -3.22. The lowest BCUT2D eigenvalue weighted by molar-refractivity contribution is 0.0962. The van der Waals surface area contributed by atoms with E-state index in [1.54, 1.807) is 21.9 Å². The van der Waals surface area contributed by atoms with Crippen molar-refractivity contribution in [3.05, 3.63) is 58.4 Å². The number of rotatable bonds is 5. The molecule has 0 bridgehead atoms. The number of ether oxygens (including phenoxy) is 1. The van der Waals surface area contributed by atoms with Gasteiger partial charge in [-0.2, -0.15) is 0 Å². The van der Waals surface area contributed by atoms with Gasteiger partial charge in [0.25, 0.3) is 0 Å². The maximum atomic E-state index is 13.2. The molecule has 7 nitrogen and oxygen atoms in total. The summed E-state index contributed by atoms with van der Waals surface area (Å²) in [5, 5.41) is 8.59.